The van der Waals surface area contributed by atoms with E-state index in [1.807, 2.05) is 32.2 Å². The molecule has 0 unspecified atom stereocenters. The number of amidine groups is 1. The minimum absolute atomic E-state index is 0.229. The molecule has 0 spiro atoms. The molecule has 0 heterocycles. The van der Waals surface area contributed by atoms with E-state index in [-0.39, 0.29) is 5.82 Å². The van der Waals surface area contributed by atoms with Crippen LogP contribution in [-0.2, 0) is 4.79 Å². The highest BCUT2D eigenvalue weighted by Crippen LogP contribution is 2.33. The lowest BCUT2D eigenvalue weighted by Gasteiger charge is -2.12. The third kappa shape index (κ3) is 8.99. The van der Waals surface area contributed by atoms with Crippen LogP contribution in [0.25, 0.3) is 0 Å². The minimum Gasteiger partial charge on any atom is -0.496 e. The Morgan fingerprint density at radius 2 is 1.94 bits per heavy atom. The Balaban J connectivity index is 0.000000373. The van der Waals surface area contributed by atoms with Crippen LogP contribution in [0.15, 0.2) is 58.6 Å². The van der Waals surface area contributed by atoms with Gasteiger partial charge in [0.15, 0.2) is 0 Å². The van der Waals surface area contributed by atoms with E-state index in [0.29, 0.717) is 12.5 Å². The van der Waals surface area contributed by atoms with Gasteiger partial charge in [0.2, 0.25) is 5.84 Å². The smallest absolute Gasteiger partial charge is 0.448 e. The van der Waals surface area contributed by atoms with Crippen LogP contribution in [-0.4, -0.2) is 32.5 Å². The fourth-order valence-corrected chi connectivity index (χ4v) is 2.88. The molecule has 0 atom stereocenters. The molecule has 0 aliphatic heterocycles. The van der Waals surface area contributed by atoms with Crippen molar-refractivity contribution in [2.45, 2.75) is 18.0 Å². The first-order valence-corrected chi connectivity index (χ1v) is 9.49. The Bertz CT molecular complexity index is 934. The summed E-state index contributed by atoms with van der Waals surface area (Å²) in [6, 6.07) is 10.5. The monoisotopic (exact) mass is 458 g/mol. The second-order valence-corrected chi connectivity index (χ2v) is 6.62. The van der Waals surface area contributed by atoms with E-state index in [1.165, 1.54) is 24.1 Å². The number of benzene rings is 2. The first-order valence-electron chi connectivity index (χ1n) is 8.68. The number of aliphatic imine (C=N–C) groups is 1. The van der Waals surface area contributed by atoms with E-state index in [2.05, 4.69) is 20.8 Å². The van der Waals surface area contributed by atoms with Crippen LogP contribution in [0.3, 0.4) is 0 Å². The average Bonchev–Trinajstić information content (AvgIpc) is 2.72. The molecule has 6 nitrogen and oxygen atoms in total. The summed E-state index contributed by atoms with van der Waals surface area (Å²) in [4.78, 5) is 13.3. The largest absolute Gasteiger partial charge is 0.496 e. The molecule has 4 N–H and O–H groups in total. The first kappa shape index (κ1) is 25.8. The van der Waals surface area contributed by atoms with Gasteiger partial charge in [-0.25, -0.2) is 9.38 Å². The SMILES string of the molecule is CNc1ccc(OC)c(SNc2ccc(F)cc2C)c1.NC(=N/C=C/C=O)C(F)(F)F. The van der Waals surface area contributed by atoms with Gasteiger partial charge in [0, 0.05) is 24.6 Å². The summed E-state index contributed by atoms with van der Waals surface area (Å²) in [5, 5.41) is 3.09. The third-order valence-electron chi connectivity index (χ3n) is 3.58. The number of nitrogens with two attached hydrogens (primary N) is 1. The molecule has 2 aromatic carbocycles. The molecule has 0 fully saturated rings. The van der Waals surface area contributed by atoms with Crippen molar-refractivity contribution in [2.75, 3.05) is 24.2 Å². The van der Waals surface area contributed by atoms with Crippen LogP contribution in [0.4, 0.5) is 28.9 Å². The lowest BCUT2D eigenvalue weighted by molar-refractivity contribution is -0.104. The molecule has 11 heteroatoms. The second-order valence-electron chi connectivity index (χ2n) is 5.77. The normalized spacial score (nSPS) is 11.5. The molecule has 0 radical (unpaired) electrons. The summed E-state index contributed by atoms with van der Waals surface area (Å²) in [6.07, 6.45) is -2.85. The molecule has 0 amide bonds. The van der Waals surface area contributed by atoms with E-state index in [9.17, 15) is 22.4 Å². The predicted molar refractivity (Wildman–Crippen MR) is 116 cm³/mol. The van der Waals surface area contributed by atoms with Crippen molar-refractivity contribution in [3.8, 4) is 5.75 Å². The number of hydrogen-bond acceptors (Lipinski definition) is 6. The Labute approximate surface area is 181 Å². The van der Waals surface area contributed by atoms with Crippen LogP contribution in [0.2, 0.25) is 0 Å². The number of hydrogen-bond donors (Lipinski definition) is 3. The molecular weight excluding hydrogens is 436 g/mol. The maximum atomic E-state index is 13.1. The Kier molecular flexibility index (Phi) is 10.4. The van der Waals surface area contributed by atoms with Gasteiger partial charge in [-0.05, 0) is 66.9 Å². The van der Waals surface area contributed by atoms with E-state index < -0.39 is 12.0 Å². The number of carbonyl (C=O) groups is 1. The number of allylic oxidation sites excluding steroid dienone is 1. The Morgan fingerprint density at radius 1 is 1.23 bits per heavy atom. The number of alkyl halides is 3. The van der Waals surface area contributed by atoms with Crippen molar-refractivity contribution in [3.63, 3.8) is 0 Å². The molecule has 0 aliphatic rings. The fraction of sp³-hybridized carbons (Fsp3) is 0.200. The van der Waals surface area contributed by atoms with Crippen molar-refractivity contribution >= 4 is 35.4 Å². The van der Waals surface area contributed by atoms with Crippen LogP contribution in [0.1, 0.15) is 5.56 Å². The number of methoxy groups -OCH3 is 1. The molecule has 0 saturated carbocycles. The van der Waals surface area contributed by atoms with E-state index in [4.69, 9.17) is 4.74 Å². The Morgan fingerprint density at radius 3 is 2.48 bits per heavy atom. The number of halogens is 4. The van der Waals surface area contributed by atoms with Gasteiger partial charge in [0.05, 0.1) is 12.0 Å². The lowest BCUT2D eigenvalue weighted by atomic mass is 10.2. The highest BCUT2D eigenvalue weighted by molar-refractivity contribution is 8.00. The van der Waals surface area contributed by atoms with Gasteiger partial charge in [-0.2, -0.15) is 13.2 Å². The lowest BCUT2D eigenvalue weighted by Crippen LogP contribution is -2.30. The number of anilines is 2. The number of carbonyl (C=O) groups excluding carboxylic acids is 1. The highest BCUT2D eigenvalue weighted by atomic mass is 32.2. The number of nitrogens with one attached hydrogen (secondary N) is 2. The van der Waals surface area contributed by atoms with Gasteiger partial charge in [0.25, 0.3) is 0 Å². The first-order chi connectivity index (χ1) is 14.6. The van der Waals surface area contributed by atoms with Gasteiger partial charge in [-0.3, -0.25) is 4.79 Å². The molecule has 31 heavy (non-hydrogen) atoms. The molecule has 2 rings (SSSR count). The number of nitrogens with zero attached hydrogens (tertiary/aromatic N) is 1. The Hall–Kier alpha value is -3.21. The van der Waals surface area contributed by atoms with Gasteiger partial charge < -0.3 is 20.5 Å². The zero-order chi connectivity index (χ0) is 23.4. The molecular formula is C20H22F4N4O2S. The highest BCUT2D eigenvalue weighted by Gasteiger charge is 2.32. The molecule has 0 aliphatic carbocycles. The zero-order valence-corrected chi connectivity index (χ0v) is 17.8. The summed E-state index contributed by atoms with van der Waals surface area (Å²) in [7, 11) is 3.51. The number of aryl methyl sites for hydroxylation is 1. The summed E-state index contributed by atoms with van der Waals surface area (Å²) >= 11 is 1.44. The van der Waals surface area contributed by atoms with Crippen molar-refractivity contribution in [3.05, 3.63) is 60.1 Å². The number of rotatable bonds is 7. The summed E-state index contributed by atoms with van der Waals surface area (Å²) in [5.41, 5.74) is 7.20. The van der Waals surface area contributed by atoms with Gasteiger partial charge in [-0.15, -0.1) is 0 Å². The summed E-state index contributed by atoms with van der Waals surface area (Å²) in [5.74, 6) is -0.912. The standard InChI is InChI=1S/C15H17FN2OS.C5H5F3N2O/c1-10-8-11(16)4-6-13(10)18-20-15-9-12(17-2)5-7-14(15)19-3;6-5(7,8)4(9)10-2-1-3-11/h4-9,17-18H,1-3H3;1-3H,(H2,9,10)/b;2-1+. The van der Waals surface area contributed by atoms with Crippen LogP contribution in [0, 0.1) is 12.7 Å². The molecule has 0 aromatic heterocycles. The van der Waals surface area contributed by atoms with Crippen LogP contribution >= 0.6 is 11.9 Å². The van der Waals surface area contributed by atoms with Gasteiger partial charge in [0.1, 0.15) is 17.9 Å². The average molecular weight is 458 g/mol. The molecule has 0 saturated heterocycles. The van der Waals surface area contributed by atoms with Gasteiger partial charge >= 0.3 is 6.18 Å². The van der Waals surface area contributed by atoms with Crippen molar-refractivity contribution in [1.82, 2.24) is 0 Å². The topological polar surface area (TPSA) is 88.7 Å². The van der Waals surface area contributed by atoms with Crippen molar-refractivity contribution in [2.24, 2.45) is 10.7 Å². The summed E-state index contributed by atoms with van der Waals surface area (Å²) in [6.45, 7) is 1.87. The van der Waals surface area contributed by atoms with E-state index in [1.54, 1.807) is 13.2 Å². The van der Waals surface area contributed by atoms with Crippen molar-refractivity contribution < 1.29 is 27.1 Å². The van der Waals surface area contributed by atoms with Crippen LogP contribution in [0.5, 0.6) is 5.75 Å². The maximum Gasteiger partial charge on any atom is 0.448 e. The van der Waals surface area contributed by atoms with Crippen molar-refractivity contribution in [1.29, 1.82) is 0 Å². The van der Waals surface area contributed by atoms with Gasteiger partial charge in [-0.1, -0.05) is 0 Å². The summed E-state index contributed by atoms with van der Waals surface area (Å²) < 4.78 is 56.1. The fourth-order valence-electron chi connectivity index (χ4n) is 2.00. The second kappa shape index (κ2) is 12.5. The molecule has 168 valence electrons. The molecule has 0 bridgehead atoms. The zero-order valence-electron chi connectivity index (χ0n) is 17.0. The molecule has 2 aromatic rings. The number of aldehydes is 1. The van der Waals surface area contributed by atoms with Crippen LogP contribution < -0.4 is 20.5 Å². The van der Waals surface area contributed by atoms with E-state index >= 15 is 0 Å². The quantitative estimate of drug-likeness (QED) is 0.136. The maximum absolute atomic E-state index is 13.1. The third-order valence-corrected chi connectivity index (χ3v) is 4.44. The number of ether oxygens (including phenoxy) is 1. The predicted octanol–water partition coefficient (Wildman–Crippen LogP) is 4.92. The van der Waals surface area contributed by atoms with E-state index in [0.717, 1.165) is 33.7 Å². The minimum atomic E-state index is -4.63.